The van der Waals surface area contributed by atoms with Crippen LogP contribution in [0, 0.1) is 11.6 Å². The molecule has 24 heavy (non-hydrogen) atoms. The van der Waals surface area contributed by atoms with E-state index in [1.54, 1.807) is 12.4 Å². The average Bonchev–Trinajstić information content (AvgIpc) is 2.98. The van der Waals surface area contributed by atoms with E-state index in [1.165, 1.54) is 12.1 Å². The maximum atomic E-state index is 14.0. The van der Waals surface area contributed by atoms with Crippen molar-refractivity contribution >= 4 is 27.0 Å². The summed E-state index contributed by atoms with van der Waals surface area (Å²) < 4.78 is 30.1. The Morgan fingerprint density at radius 1 is 0.917 bits per heavy atom. The van der Waals surface area contributed by atoms with Crippen molar-refractivity contribution < 1.29 is 8.78 Å². The van der Waals surface area contributed by atoms with E-state index in [9.17, 15) is 8.78 Å². The molecule has 2 nitrogen and oxygen atoms in total. The van der Waals surface area contributed by atoms with E-state index in [0.29, 0.717) is 11.1 Å². The van der Waals surface area contributed by atoms with Crippen LogP contribution in [0.1, 0.15) is 0 Å². The zero-order valence-electron chi connectivity index (χ0n) is 12.4. The zero-order chi connectivity index (χ0) is 16.7. The molecule has 0 radical (unpaired) electrons. The van der Waals surface area contributed by atoms with Crippen LogP contribution < -0.4 is 0 Å². The minimum absolute atomic E-state index is 0.366. The third-order valence-electron chi connectivity index (χ3n) is 3.88. The lowest BCUT2D eigenvalue weighted by Crippen LogP contribution is -1.93. The van der Waals surface area contributed by atoms with Gasteiger partial charge in [0.25, 0.3) is 0 Å². The molecule has 0 saturated heterocycles. The maximum absolute atomic E-state index is 14.0. The van der Waals surface area contributed by atoms with E-state index >= 15 is 0 Å². The van der Waals surface area contributed by atoms with E-state index in [-0.39, 0.29) is 0 Å². The molecule has 0 atom stereocenters. The molecule has 1 aromatic heterocycles. The summed E-state index contributed by atoms with van der Waals surface area (Å²) >= 11 is 3.43. The van der Waals surface area contributed by atoms with Gasteiger partial charge in [0.15, 0.2) is 0 Å². The predicted octanol–water partition coefficient (Wildman–Crippen LogP) is 5.73. The molecule has 3 aromatic carbocycles. The Balaban J connectivity index is 1.85. The topological polar surface area (TPSA) is 17.8 Å². The van der Waals surface area contributed by atoms with E-state index in [2.05, 4.69) is 20.9 Å². The Hall–Kier alpha value is -2.53. The van der Waals surface area contributed by atoms with Crippen LogP contribution in [0.5, 0.6) is 0 Å². The number of fused-ring (bicyclic) bond motifs is 1. The fraction of sp³-hybridized carbons (Fsp3) is 0. The van der Waals surface area contributed by atoms with Crippen LogP contribution in [0.4, 0.5) is 8.78 Å². The van der Waals surface area contributed by atoms with Crippen molar-refractivity contribution in [3.8, 4) is 16.8 Å². The van der Waals surface area contributed by atoms with Gasteiger partial charge in [-0.2, -0.15) is 0 Å². The Morgan fingerprint density at radius 3 is 2.62 bits per heavy atom. The number of aromatic nitrogens is 2. The highest BCUT2D eigenvalue weighted by atomic mass is 79.9. The molecular formula is C19H11BrF2N2. The van der Waals surface area contributed by atoms with Crippen LogP contribution in [-0.4, -0.2) is 9.55 Å². The van der Waals surface area contributed by atoms with Crippen LogP contribution in [0.25, 0.3) is 27.8 Å². The number of halogens is 3. The molecule has 0 aliphatic heterocycles. The first-order valence-corrected chi connectivity index (χ1v) is 8.09. The molecule has 0 saturated carbocycles. The van der Waals surface area contributed by atoms with Gasteiger partial charge in [0.2, 0.25) is 0 Å². The highest BCUT2D eigenvalue weighted by molar-refractivity contribution is 9.10. The number of hydrogen-bond donors (Lipinski definition) is 0. The SMILES string of the molecule is Fc1ccc(-c2cccc(-n3cnc4cc(Br)ccc43)c2)c(F)c1. The van der Waals surface area contributed by atoms with E-state index in [4.69, 9.17) is 0 Å². The molecule has 0 aliphatic carbocycles. The first-order chi connectivity index (χ1) is 11.6. The lowest BCUT2D eigenvalue weighted by molar-refractivity contribution is 0.585. The maximum Gasteiger partial charge on any atom is 0.133 e. The number of benzene rings is 3. The Morgan fingerprint density at radius 2 is 1.79 bits per heavy atom. The van der Waals surface area contributed by atoms with Crippen LogP contribution in [-0.2, 0) is 0 Å². The van der Waals surface area contributed by atoms with Gasteiger partial charge in [-0.1, -0.05) is 28.1 Å². The number of imidazole rings is 1. The van der Waals surface area contributed by atoms with Gasteiger partial charge in [-0.15, -0.1) is 0 Å². The molecule has 0 N–H and O–H groups in total. The Kier molecular flexibility index (Phi) is 3.65. The summed E-state index contributed by atoms with van der Waals surface area (Å²) in [5.41, 5.74) is 3.73. The smallest absolute Gasteiger partial charge is 0.133 e. The zero-order valence-corrected chi connectivity index (χ0v) is 14.0. The van der Waals surface area contributed by atoms with Crippen molar-refractivity contribution in [1.82, 2.24) is 9.55 Å². The molecule has 0 aliphatic rings. The first kappa shape index (κ1) is 15.0. The summed E-state index contributed by atoms with van der Waals surface area (Å²) in [5.74, 6) is -1.16. The highest BCUT2D eigenvalue weighted by Crippen LogP contribution is 2.27. The summed E-state index contributed by atoms with van der Waals surface area (Å²) in [4.78, 5) is 4.40. The molecule has 0 fully saturated rings. The largest absolute Gasteiger partial charge is 0.299 e. The first-order valence-electron chi connectivity index (χ1n) is 7.30. The fourth-order valence-electron chi connectivity index (χ4n) is 2.74. The summed E-state index contributed by atoms with van der Waals surface area (Å²) in [6.07, 6.45) is 1.73. The molecule has 5 heteroatoms. The lowest BCUT2D eigenvalue weighted by atomic mass is 10.0. The minimum atomic E-state index is -0.585. The second kappa shape index (κ2) is 5.83. The number of rotatable bonds is 2. The second-order valence-electron chi connectivity index (χ2n) is 5.42. The van der Waals surface area contributed by atoms with E-state index < -0.39 is 11.6 Å². The van der Waals surface area contributed by atoms with Crippen LogP contribution in [0.2, 0.25) is 0 Å². The van der Waals surface area contributed by atoms with Gasteiger partial charge < -0.3 is 0 Å². The van der Waals surface area contributed by atoms with Crippen LogP contribution >= 0.6 is 15.9 Å². The van der Waals surface area contributed by atoms with Gasteiger partial charge in [-0.05, 0) is 48.0 Å². The van der Waals surface area contributed by atoms with Crippen LogP contribution in [0.15, 0.2) is 71.5 Å². The predicted molar refractivity (Wildman–Crippen MR) is 94.1 cm³/mol. The molecule has 0 bridgehead atoms. The van der Waals surface area contributed by atoms with Crippen molar-refractivity contribution in [3.05, 3.63) is 83.1 Å². The van der Waals surface area contributed by atoms with Gasteiger partial charge >= 0.3 is 0 Å². The summed E-state index contributed by atoms with van der Waals surface area (Å²) in [7, 11) is 0. The van der Waals surface area contributed by atoms with E-state index in [1.807, 2.05) is 41.0 Å². The molecular weight excluding hydrogens is 374 g/mol. The Labute approximate surface area is 145 Å². The quantitative estimate of drug-likeness (QED) is 0.431. The molecule has 0 spiro atoms. The molecule has 118 valence electrons. The molecule has 4 rings (SSSR count). The summed E-state index contributed by atoms with van der Waals surface area (Å²) in [6, 6.07) is 16.9. The van der Waals surface area contributed by atoms with Gasteiger partial charge in [-0.25, -0.2) is 13.8 Å². The Bertz CT molecular complexity index is 1060. The van der Waals surface area contributed by atoms with E-state index in [0.717, 1.165) is 27.3 Å². The van der Waals surface area contributed by atoms with Crippen molar-refractivity contribution in [1.29, 1.82) is 0 Å². The fourth-order valence-corrected chi connectivity index (χ4v) is 3.09. The molecule has 0 unspecified atom stereocenters. The average molecular weight is 385 g/mol. The van der Waals surface area contributed by atoms with Crippen molar-refractivity contribution in [2.75, 3.05) is 0 Å². The highest BCUT2D eigenvalue weighted by Gasteiger charge is 2.09. The normalized spacial score (nSPS) is 11.1. The lowest BCUT2D eigenvalue weighted by Gasteiger charge is -2.08. The van der Waals surface area contributed by atoms with Gasteiger partial charge in [0.1, 0.15) is 18.0 Å². The number of hydrogen-bond acceptors (Lipinski definition) is 1. The van der Waals surface area contributed by atoms with Gasteiger partial charge in [0, 0.05) is 21.8 Å². The third-order valence-corrected chi connectivity index (χ3v) is 4.37. The van der Waals surface area contributed by atoms with Gasteiger partial charge in [0.05, 0.1) is 11.0 Å². The summed E-state index contributed by atoms with van der Waals surface area (Å²) in [5, 5.41) is 0. The molecule has 0 amide bonds. The molecule has 4 aromatic rings. The van der Waals surface area contributed by atoms with Crippen molar-refractivity contribution in [2.45, 2.75) is 0 Å². The molecule has 1 heterocycles. The monoisotopic (exact) mass is 384 g/mol. The second-order valence-corrected chi connectivity index (χ2v) is 6.34. The number of nitrogens with zero attached hydrogens (tertiary/aromatic N) is 2. The minimum Gasteiger partial charge on any atom is -0.299 e. The third kappa shape index (κ3) is 2.61. The van der Waals surface area contributed by atoms with Crippen molar-refractivity contribution in [2.24, 2.45) is 0 Å². The van der Waals surface area contributed by atoms with Crippen LogP contribution in [0.3, 0.4) is 0 Å². The van der Waals surface area contributed by atoms with Gasteiger partial charge in [-0.3, -0.25) is 4.57 Å². The van der Waals surface area contributed by atoms with Crippen molar-refractivity contribution in [3.63, 3.8) is 0 Å². The standard InChI is InChI=1S/C19H11BrF2N2/c20-13-4-7-19-18(9-13)23-11-24(19)15-3-1-2-12(8-15)16-6-5-14(21)10-17(16)22/h1-11H. The summed E-state index contributed by atoms with van der Waals surface area (Å²) in [6.45, 7) is 0.